The molecular weight excluding hydrogens is 352 g/mol. The molecule has 4 amide bonds. The highest BCUT2D eigenvalue weighted by atomic mass is 16.6. The first-order chi connectivity index (χ1) is 12.8. The highest BCUT2D eigenvalue weighted by Gasteiger charge is 2.30. The van der Waals surface area contributed by atoms with Crippen molar-refractivity contribution in [2.75, 3.05) is 30.3 Å². The molecule has 0 aliphatic carbocycles. The molecule has 1 heterocycles. The van der Waals surface area contributed by atoms with Crippen LogP contribution in [0.3, 0.4) is 0 Å². The molecule has 0 saturated carbocycles. The summed E-state index contributed by atoms with van der Waals surface area (Å²) in [6.45, 7) is 4.08. The molecule has 0 aromatic heterocycles. The number of nitrogens with zero attached hydrogens (tertiary/aromatic N) is 2. The number of anilines is 2. The first kappa shape index (κ1) is 20.2. The molecule has 1 aliphatic rings. The molecule has 1 fully saturated rings. The Morgan fingerprint density at radius 2 is 1.93 bits per heavy atom. The van der Waals surface area contributed by atoms with Gasteiger partial charge < -0.3 is 20.7 Å². The molecule has 3 N–H and O–H groups in total. The van der Waals surface area contributed by atoms with Crippen LogP contribution in [0.1, 0.15) is 26.7 Å². The standard InChI is InChI=1S/C18H24N4O5/c1-3-27-18(26)21-9-7-14(8-10-21)20-16(24)17(25)22(12(2)23)15-6-4-5-13(19)11-15/h4-6,11,14H,3,7-10,19H2,1-2H3,(H,20,24). The van der Waals surface area contributed by atoms with Crippen molar-refractivity contribution in [1.82, 2.24) is 10.2 Å². The van der Waals surface area contributed by atoms with E-state index in [2.05, 4.69) is 5.32 Å². The van der Waals surface area contributed by atoms with Gasteiger partial charge in [-0.1, -0.05) is 6.07 Å². The van der Waals surface area contributed by atoms with Crippen molar-refractivity contribution in [1.29, 1.82) is 0 Å². The van der Waals surface area contributed by atoms with Gasteiger partial charge in [0.2, 0.25) is 5.91 Å². The van der Waals surface area contributed by atoms with E-state index in [1.807, 2.05) is 0 Å². The van der Waals surface area contributed by atoms with Crippen LogP contribution in [-0.4, -0.2) is 54.5 Å². The van der Waals surface area contributed by atoms with E-state index in [1.54, 1.807) is 24.0 Å². The first-order valence-electron chi connectivity index (χ1n) is 8.76. The number of likely N-dealkylation sites (tertiary alicyclic amines) is 1. The molecule has 1 aromatic carbocycles. The van der Waals surface area contributed by atoms with E-state index < -0.39 is 17.7 Å². The number of benzene rings is 1. The summed E-state index contributed by atoms with van der Waals surface area (Å²) in [5, 5.41) is 2.64. The Kier molecular flexibility index (Phi) is 6.75. The van der Waals surface area contributed by atoms with Crippen LogP contribution in [0.25, 0.3) is 0 Å². The maximum absolute atomic E-state index is 12.5. The minimum Gasteiger partial charge on any atom is -0.450 e. The van der Waals surface area contributed by atoms with Gasteiger partial charge in [0.25, 0.3) is 0 Å². The summed E-state index contributed by atoms with van der Waals surface area (Å²) < 4.78 is 4.94. The number of hydrogen-bond acceptors (Lipinski definition) is 6. The molecule has 0 radical (unpaired) electrons. The van der Waals surface area contributed by atoms with Crippen LogP contribution in [0.2, 0.25) is 0 Å². The topological polar surface area (TPSA) is 122 Å². The summed E-state index contributed by atoms with van der Waals surface area (Å²) in [7, 11) is 0. The summed E-state index contributed by atoms with van der Waals surface area (Å²) in [6.07, 6.45) is 0.606. The van der Waals surface area contributed by atoms with Crippen LogP contribution in [0.15, 0.2) is 24.3 Å². The van der Waals surface area contributed by atoms with E-state index in [1.165, 1.54) is 19.1 Å². The van der Waals surface area contributed by atoms with Crippen LogP contribution in [0.5, 0.6) is 0 Å². The zero-order chi connectivity index (χ0) is 20.0. The van der Waals surface area contributed by atoms with Gasteiger partial charge in [0.1, 0.15) is 0 Å². The third kappa shape index (κ3) is 5.19. The first-order valence-corrected chi connectivity index (χ1v) is 8.76. The molecule has 1 aromatic rings. The average Bonchev–Trinajstić information content (AvgIpc) is 2.62. The Labute approximate surface area is 157 Å². The molecule has 9 heteroatoms. The summed E-state index contributed by atoms with van der Waals surface area (Å²) >= 11 is 0. The lowest BCUT2D eigenvalue weighted by atomic mass is 10.1. The fourth-order valence-electron chi connectivity index (χ4n) is 2.88. The molecule has 9 nitrogen and oxygen atoms in total. The molecule has 0 unspecified atom stereocenters. The lowest BCUT2D eigenvalue weighted by Gasteiger charge is -2.31. The van der Waals surface area contributed by atoms with Crippen molar-refractivity contribution in [3.05, 3.63) is 24.3 Å². The molecule has 1 aliphatic heterocycles. The monoisotopic (exact) mass is 376 g/mol. The van der Waals surface area contributed by atoms with Gasteiger partial charge in [-0.05, 0) is 38.0 Å². The lowest BCUT2D eigenvalue weighted by Crippen LogP contribution is -2.51. The predicted molar refractivity (Wildman–Crippen MR) is 98.8 cm³/mol. The van der Waals surface area contributed by atoms with E-state index in [4.69, 9.17) is 10.5 Å². The molecule has 27 heavy (non-hydrogen) atoms. The van der Waals surface area contributed by atoms with Gasteiger partial charge >= 0.3 is 17.9 Å². The van der Waals surface area contributed by atoms with E-state index in [9.17, 15) is 19.2 Å². The fraction of sp³-hybridized carbons (Fsp3) is 0.444. The van der Waals surface area contributed by atoms with Crippen molar-refractivity contribution in [2.24, 2.45) is 0 Å². The lowest BCUT2D eigenvalue weighted by molar-refractivity contribution is -0.140. The molecule has 1 saturated heterocycles. The Balaban J connectivity index is 1.97. The Hall–Kier alpha value is -3.10. The second-order valence-electron chi connectivity index (χ2n) is 6.19. The number of hydrogen-bond donors (Lipinski definition) is 2. The van der Waals surface area contributed by atoms with Gasteiger partial charge in [-0.15, -0.1) is 0 Å². The van der Waals surface area contributed by atoms with Gasteiger partial charge in [-0.2, -0.15) is 0 Å². The third-order valence-corrected chi connectivity index (χ3v) is 4.20. The largest absolute Gasteiger partial charge is 0.450 e. The normalized spacial score (nSPS) is 14.4. The number of imide groups is 1. The summed E-state index contributed by atoms with van der Waals surface area (Å²) in [5.41, 5.74) is 6.30. The second kappa shape index (κ2) is 9.02. The number of carbonyl (C=O) groups excluding carboxylic acids is 4. The van der Waals surface area contributed by atoms with Crippen LogP contribution in [-0.2, 0) is 19.1 Å². The van der Waals surface area contributed by atoms with Crippen LogP contribution in [0, 0.1) is 0 Å². The van der Waals surface area contributed by atoms with Crippen LogP contribution in [0.4, 0.5) is 16.2 Å². The average molecular weight is 376 g/mol. The van der Waals surface area contributed by atoms with Crippen molar-refractivity contribution in [3.63, 3.8) is 0 Å². The smallest absolute Gasteiger partial charge is 0.409 e. The fourth-order valence-corrected chi connectivity index (χ4v) is 2.88. The Bertz CT molecular complexity index is 728. The van der Waals surface area contributed by atoms with E-state index in [0.717, 1.165) is 4.90 Å². The number of rotatable bonds is 3. The maximum Gasteiger partial charge on any atom is 0.409 e. The summed E-state index contributed by atoms with van der Waals surface area (Å²) in [6, 6.07) is 5.92. The zero-order valence-corrected chi connectivity index (χ0v) is 15.4. The molecule has 146 valence electrons. The molecule has 2 rings (SSSR count). The maximum atomic E-state index is 12.5. The second-order valence-corrected chi connectivity index (χ2v) is 6.19. The zero-order valence-electron chi connectivity index (χ0n) is 15.4. The van der Waals surface area contributed by atoms with Crippen LogP contribution < -0.4 is 16.0 Å². The minimum atomic E-state index is -0.971. The third-order valence-electron chi connectivity index (χ3n) is 4.20. The number of carbonyl (C=O) groups is 4. The van der Waals surface area contributed by atoms with Gasteiger partial charge in [-0.3, -0.25) is 14.4 Å². The van der Waals surface area contributed by atoms with Gasteiger partial charge in [0.05, 0.1) is 12.3 Å². The summed E-state index contributed by atoms with van der Waals surface area (Å²) in [5.74, 6) is -2.43. The molecule has 0 bridgehead atoms. The van der Waals surface area contributed by atoms with Crippen molar-refractivity contribution >= 4 is 35.2 Å². The highest BCUT2D eigenvalue weighted by molar-refractivity contribution is 6.45. The quantitative estimate of drug-likeness (QED) is 0.597. The van der Waals surface area contributed by atoms with Crippen molar-refractivity contribution < 1.29 is 23.9 Å². The van der Waals surface area contributed by atoms with E-state index in [0.29, 0.717) is 38.2 Å². The number of nitrogens with two attached hydrogens (primary N) is 1. The molecule has 0 atom stereocenters. The Morgan fingerprint density at radius 1 is 1.26 bits per heavy atom. The van der Waals surface area contributed by atoms with Gasteiger partial charge in [-0.25, -0.2) is 9.69 Å². The number of nitrogen functional groups attached to an aromatic ring is 1. The predicted octanol–water partition coefficient (Wildman–Crippen LogP) is 0.885. The molecular formula is C18H24N4O5. The Morgan fingerprint density at radius 3 is 2.48 bits per heavy atom. The van der Waals surface area contributed by atoms with Gasteiger partial charge in [0, 0.05) is 31.7 Å². The number of piperidine rings is 1. The van der Waals surface area contributed by atoms with Crippen LogP contribution >= 0.6 is 0 Å². The van der Waals surface area contributed by atoms with E-state index in [-0.39, 0.29) is 17.8 Å². The number of nitrogens with one attached hydrogen (secondary N) is 1. The number of ether oxygens (including phenoxy) is 1. The van der Waals surface area contributed by atoms with Crippen molar-refractivity contribution in [3.8, 4) is 0 Å². The SMILES string of the molecule is CCOC(=O)N1CCC(NC(=O)C(=O)N(C(C)=O)c2cccc(N)c2)CC1. The van der Waals surface area contributed by atoms with Crippen molar-refractivity contribution in [2.45, 2.75) is 32.7 Å². The highest BCUT2D eigenvalue weighted by Crippen LogP contribution is 2.18. The van der Waals surface area contributed by atoms with E-state index >= 15 is 0 Å². The molecule has 0 spiro atoms. The van der Waals surface area contributed by atoms with Gasteiger partial charge in [0.15, 0.2) is 0 Å². The summed E-state index contributed by atoms with van der Waals surface area (Å²) in [4.78, 5) is 50.8. The number of amides is 4. The minimum absolute atomic E-state index is 0.236.